The highest BCUT2D eigenvalue weighted by Crippen LogP contribution is 2.28. The van der Waals surface area contributed by atoms with Gasteiger partial charge in [0.25, 0.3) is 0 Å². The third-order valence-corrected chi connectivity index (χ3v) is 2.49. The molecule has 1 atom stereocenters. The molecular formula is C11H11NO3. The van der Waals surface area contributed by atoms with E-state index in [2.05, 4.69) is 0 Å². The molecule has 0 saturated carbocycles. The van der Waals surface area contributed by atoms with E-state index >= 15 is 0 Å². The van der Waals surface area contributed by atoms with E-state index in [0.29, 0.717) is 6.42 Å². The smallest absolute Gasteiger partial charge is 0.230 e. The van der Waals surface area contributed by atoms with E-state index < -0.39 is 0 Å². The Morgan fingerprint density at radius 1 is 1.40 bits per heavy atom. The van der Waals surface area contributed by atoms with Gasteiger partial charge in [-0.05, 0) is 24.3 Å². The van der Waals surface area contributed by atoms with Gasteiger partial charge in [-0.25, -0.2) is 0 Å². The molecule has 1 aromatic carbocycles. The number of amides is 1. The van der Waals surface area contributed by atoms with Crippen LogP contribution >= 0.6 is 0 Å². The number of carbonyl (C=O) groups excluding carboxylic acids is 2. The molecule has 0 radical (unpaired) electrons. The van der Waals surface area contributed by atoms with Crippen LogP contribution in [0.5, 0.6) is 5.75 Å². The first-order valence-electron chi connectivity index (χ1n) is 4.67. The summed E-state index contributed by atoms with van der Waals surface area (Å²) in [7, 11) is 1.58. The maximum absolute atomic E-state index is 11.3. The summed E-state index contributed by atoms with van der Waals surface area (Å²) in [4.78, 5) is 23.4. The molecule has 1 fully saturated rings. The highest BCUT2D eigenvalue weighted by Gasteiger charge is 2.36. The summed E-state index contributed by atoms with van der Waals surface area (Å²) < 4.78 is 5.01. The Kier molecular flexibility index (Phi) is 2.41. The lowest BCUT2D eigenvalue weighted by molar-refractivity contribution is -0.127. The van der Waals surface area contributed by atoms with Crippen LogP contribution in [0.1, 0.15) is 6.42 Å². The molecule has 2 rings (SSSR count). The first kappa shape index (κ1) is 9.71. The second-order valence-corrected chi connectivity index (χ2v) is 3.37. The minimum absolute atomic E-state index is 0.0164. The van der Waals surface area contributed by atoms with Crippen LogP contribution in [-0.4, -0.2) is 25.3 Å². The number of benzene rings is 1. The summed E-state index contributed by atoms with van der Waals surface area (Å²) in [6, 6.07) is 6.77. The van der Waals surface area contributed by atoms with E-state index in [-0.39, 0.29) is 11.9 Å². The Labute approximate surface area is 87.4 Å². The van der Waals surface area contributed by atoms with Gasteiger partial charge >= 0.3 is 0 Å². The monoisotopic (exact) mass is 205 g/mol. The van der Waals surface area contributed by atoms with Crippen molar-refractivity contribution in [3.05, 3.63) is 24.3 Å². The number of hydrogen-bond donors (Lipinski definition) is 0. The Morgan fingerprint density at radius 2 is 2.07 bits per heavy atom. The lowest BCUT2D eigenvalue weighted by atomic mass is 10.0. The van der Waals surface area contributed by atoms with Crippen LogP contribution in [0, 0.1) is 0 Å². The molecule has 1 aliphatic rings. The molecule has 1 amide bonds. The first-order chi connectivity index (χ1) is 7.26. The average Bonchev–Trinajstić information content (AvgIpc) is 2.26. The zero-order valence-corrected chi connectivity index (χ0v) is 8.34. The molecule has 0 aromatic heterocycles. The first-order valence-corrected chi connectivity index (χ1v) is 4.67. The molecule has 0 spiro atoms. The molecule has 1 saturated heterocycles. The highest BCUT2D eigenvalue weighted by atomic mass is 16.5. The molecule has 0 bridgehead atoms. The summed E-state index contributed by atoms with van der Waals surface area (Å²) in [5.41, 5.74) is 0.740. The number of nitrogens with zero attached hydrogens (tertiary/aromatic N) is 1. The third kappa shape index (κ3) is 1.58. The minimum Gasteiger partial charge on any atom is -0.497 e. The van der Waals surface area contributed by atoms with Gasteiger partial charge in [-0.2, -0.15) is 0 Å². The van der Waals surface area contributed by atoms with Crippen molar-refractivity contribution in [1.82, 2.24) is 0 Å². The van der Waals surface area contributed by atoms with Crippen molar-refractivity contribution in [3.63, 3.8) is 0 Å². The fraction of sp³-hybridized carbons (Fsp3) is 0.273. The van der Waals surface area contributed by atoms with E-state index in [0.717, 1.165) is 17.7 Å². The van der Waals surface area contributed by atoms with Crippen molar-refractivity contribution in [3.8, 4) is 5.75 Å². The van der Waals surface area contributed by atoms with Crippen molar-refractivity contribution in [2.75, 3.05) is 12.0 Å². The van der Waals surface area contributed by atoms with Crippen LogP contribution < -0.4 is 9.64 Å². The standard InChI is InChI=1S/C11H11NO3/c1-15-10-4-2-8(3-5-10)12-9(7-13)6-11(12)14/h2-5,7,9H,6H2,1H3. The van der Waals surface area contributed by atoms with Crippen molar-refractivity contribution in [1.29, 1.82) is 0 Å². The summed E-state index contributed by atoms with van der Waals surface area (Å²) in [6.07, 6.45) is 1.11. The quantitative estimate of drug-likeness (QED) is 0.546. The lowest BCUT2D eigenvalue weighted by Gasteiger charge is -2.36. The van der Waals surface area contributed by atoms with Crippen LogP contribution in [0.4, 0.5) is 5.69 Å². The number of ether oxygens (including phenoxy) is 1. The summed E-state index contributed by atoms with van der Waals surface area (Å²) >= 11 is 0. The van der Waals surface area contributed by atoms with Gasteiger partial charge in [-0.3, -0.25) is 4.79 Å². The van der Waals surface area contributed by atoms with Gasteiger partial charge in [-0.1, -0.05) is 0 Å². The number of anilines is 1. The van der Waals surface area contributed by atoms with E-state index in [1.54, 1.807) is 31.4 Å². The minimum atomic E-state index is -0.300. The topological polar surface area (TPSA) is 46.6 Å². The summed E-state index contributed by atoms with van der Waals surface area (Å²) in [5, 5.41) is 0. The molecule has 1 unspecified atom stereocenters. The fourth-order valence-corrected chi connectivity index (χ4v) is 1.63. The largest absolute Gasteiger partial charge is 0.497 e. The lowest BCUT2D eigenvalue weighted by Crippen LogP contribution is -2.53. The Bertz CT molecular complexity index is 385. The molecule has 1 aromatic rings. The van der Waals surface area contributed by atoms with Gasteiger partial charge < -0.3 is 14.4 Å². The number of rotatable bonds is 3. The van der Waals surface area contributed by atoms with Gasteiger partial charge in [0.1, 0.15) is 18.1 Å². The van der Waals surface area contributed by atoms with Crippen LogP contribution in [0.15, 0.2) is 24.3 Å². The normalized spacial score (nSPS) is 19.7. The zero-order valence-electron chi connectivity index (χ0n) is 8.34. The molecule has 4 nitrogen and oxygen atoms in total. The van der Waals surface area contributed by atoms with Gasteiger partial charge in [0.05, 0.1) is 13.5 Å². The average molecular weight is 205 g/mol. The second-order valence-electron chi connectivity index (χ2n) is 3.37. The van der Waals surface area contributed by atoms with Gasteiger partial charge in [0, 0.05) is 5.69 Å². The van der Waals surface area contributed by atoms with Crippen LogP contribution in [0.25, 0.3) is 0 Å². The van der Waals surface area contributed by atoms with E-state index in [4.69, 9.17) is 4.74 Å². The number of β-lactam (4-membered cyclic amide) rings is 1. The predicted octanol–water partition coefficient (Wildman–Crippen LogP) is 0.999. The van der Waals surface area contributed by atoms with Crippen molar-refractivity contribution < 1.29 is 14.3 Å². The van der Waals surface area contributed by atoms with Crippen molar-refractivity contribution in [2.45, 2.75) is 12.5 Å². The van der Waals surface area contributed by atoms with Crippen molar-refractivity contribution in [2.24, 2.45) is 0 Å². The molecule has 0 N–H and O–H groups in total. The fourth-order valence-electron chi connectivity index (χ4n) is 1.63. The molecule has 1 heterocycles. The van der Waals surface area contributed by atoms with E-state index in [9.17, 15) is 9.59 Å². The molecular weight excluding hydrogens is 194 g/mol. The number of methoxy groups -OCH3 is 1. The third-order valence-electron chi connectivity index (χ3n) is 2.49. The SMILES string of the molecule is COc1ccc(N2C(=O)CC2C=O)cc1. The van der Waals surface area contributed by atoms with Gasteiger partial charge in [-0.15, -0.1) is 0 Å². The second kappa shape index (κ2) is 3.73. The predicted molar refractivity (Wildman–Crippen MR) is 54.9 cm³/mol. The Morgan fingerprint density at radius 3 is 2.53 bits per heavy atom. The van der Waals surface area contributed by atoms with Crippen LogP contribution in [0.2, 0.25) is 0 Å². The molecule has 1 aliphatic heterocycles. The Hall–Kier alpha value is -1.84. The summed E-state index contributed by atoms with van der Waals surface area (Å²) in [5.74, 6) is 0.714. The van der Waals surface area contributed by atoms with E-state index in [1.165, 1.54) is 4.90 Å². The maximum Gasteiger partial charge on any atom is 0.230 e. The van der Waals surface area contributed by atoms with Crippen LogP contribution in [0.3, 0.4) is 0 Å². The highest BCUT2D eigenvalue weighted by molar-refractivity contribution is 6.06. The summed E-state index contributed by atoms with van der Waals surface area (Å²) in [6.45, 7) is 0. The van der Waals surface area contributed by atoms with Gasteiger partial charge in [0.15, 0.2) is 0 Å². The van der Waals surface area contributed by atoms with Gasteiger partial charge in [0.2, 0.25) is 5.91 Å². The van der Waals surface area contributed by atoms with Crippen LogP contribution in [-0.2, 0) is 9.59 Å². The number of carbonyl (C=O) groups is 2. The molecule has 0 aliphatic carbocycles. The van der Waals surface area contributed by atoms with E-state index in [1.807, 2.05) is 0 Å². The van der Waals surface area contributed by atoms with Crippen molar-refractivity contribution >= 4 is 17.9 Å². The Balaban J connectivity index is 2.21. The maximum atomic E-state index is 11.3. The molecule has 15 heavy (non-hydrogen) atoms. The zero-order chi connectivity index (χ0) is 10.8. The number of aldehydes is 1. The molecule has 78 valence electrons. The number of hydrogen-bond acceptors (Lipinski definition) is 3. The molecule has 4 heteroatoms.